The van der Waals surface area contributed by atoms with Gasteiger partial charge in [0.2, 0.25) is 0 Å². The van der Waals surface area contributed by atoms with E-state index < -0.39 is 5.60 Å². The van der Waals surface area contributed by atoms with Crippen molar-refractivity contribution >= 4 is 17.6 Å². The number of rotatable bonds is 4. The van der Waals surface area contributed by atoms with Crippen molar-refractivity contribution in [2.24, 2.45) is 7.05 Å². The third kappa shape index (κ3) is 5.00. The minimum atomic E-state index is -0.486. The molecule has 0 saturated heterocycles. The molecule has 0 fully saturated rings. The molecule has 0 spiro atoms. The van der Waals surface area contributed by atoms with Gasteiger partial charge in [-0.2, -0.15) is 5.10 Å². The average Bonchev–Trinajstić information content (AvgIpc) is 2.99. The van der Waals surface area contributed by atoms with Crippen LogP contribution in [0.5, 0.6) is 0 Å². The number of hydrogen-bond acceptors (Lipinski definition) is 4. The summed E-state index contributed by atoms with van der Waals surface area (Å²) < 4.78 is 7.30. The van der Waals surface area contributed by atoms with Gasteiger partial charge in [-0.3, -0.25) is 14.3 Å². The summed E-state index contributed by atoms with van der Waals surface area (Å²) in [6, 6.07) is 13.8. The summed E-state index contributed by atoms with van der Waals surface area (Å²) in [6.45, 7) is 8.07. The van der Waals surface area contributed by atoms with Crippen LogP contribution >= 0.6 is 0 Å². The van der Waals surface area contributed by atoms with E-state index in [1.54, 1.807) is 0 Å². The second-order valence-corrected chi connectivity index (χ2v) is 9.66. The Kier molecular flexibility index (Phi) is 6.11. The maximum absolute atomic E-state index is 13.6. The highest BCUT2D eigenvalue weighted by molar-refractivity contribution is 6.06. The van der Waals surface area contributed by atoms with Gasteiger partial charge in [0.15, 0.2) is 0 Å². The van der Waals surface area contributed by atoms with Crippen molar-refractivity contribution in [3.63, 3.8) is 0 Å². The number of fused-ring (bicyclic) bond motifs is 2. The molecule has 1 amide bonds. The summed E-state index contributed by atoms with van der Waals surface area (Å²) in [7, 11) is 1.94. The monoisotopic (exact) mass is 445 g/mol. The zero-order valence-electron chi connectivity index (χ0n) is 20.0. The molecule has 33 heavy (non-hydrogen) atoms. The first-order chi connectivity index (χ1) is 15.6. The molecule has 0 saturated carbocycles. The van der Waals surface area contributed by atoms with E-state index in [0.29, 0.717) is 24.9 Å². The van der Waals surface area contributed by atoms with Gasteiger partial charge >= 0.3 is 5.97 Å². The zero-order valence-corrected chi connectivity index (χ0v) is 20.0. The first kappa shape index (κ1) is 22.8. The lowest BCUT2D eigenvalue weighted by atomic mass is 10.00. The van der Waals surface area contributed by atoms with Crippen LogP contribution in [-0.4, -0.2) is 27.3 Å². The van der Waals surface area contributed by atoms with Crippen molar-refractivity contribution in [3.8, 4) is 0 Å². The Morgan fingerprint density at radius 1 is 1.09 bits per heavy atom. The summed E-state index contributed by atoms with van der Waals surface area (Å²) in [5, 5.41) is 4.40. The van der Waals surface area contributed by atoms with Crippen LogP contribution in [0.3, 0.4) is 0 Å². The van der Waals surface area contributed by atoms with Crippen molar-refractivity contribution < 1.29 is 14.3 Å². The van der Waals surface area contributed by atoms with Crippen LogP contribution in [0.25, 0.3) is 0 Å². The normalized spacial score (nSPS) is 13.2. The van der Waals surface area contributed by atoms with Crippen LogP contribution in [0.1, 0.15) is 65.5 Å². The van der Waals surface area contributed by atoms with Crippen LogP contribution in [0.4, 0.5) is 5.69 Å². The number of amides is 1. The largest absolute Gasteiger partial charge is 0.460 e. The smallest absolute Gasteiger partial charge is 0.306 e. The van der Waals surface area contributed by atoms with Crippen LogP contribution in [0, 0.1) is 6.92 Å². The van der Waals surface area contributed by atoms with Gasteiger partial charge in [-0.25, -0.2) is 0 Å². The Morgan fingerprint density at radius 2 is 1.85 bits per heavy atom. The minimum Gasteiger partial charge on any atom is -0.460 e. The van der Waals surface area contributed by atoms with Gasteiger partial charge in [0.25, 0.3) is 5.91 Å². The second kappa shape index (κ2) is 8.85. The van der Waals surface area contributed by atoms with Crippen molar-refractivity contribution in [2.45, 2.75) is 59.1 Å². The molecule has 172 valence electrons. The number of aryl methyl sites for hydroxylation is 3. The Labute approximate surface area is 195 Å². The quantitative estimate of drug-likeness (QED) is 0.544. The van der Waals surface area contributed by atoms with E-state index in [0.717, 1.165) is 40.1 Å². The molecule has 0 bridgehead atoms. The van der Waals surface area contributed by atoms with E-state index in [9.17, 15) is 9.59 Å². The Hall–Kier alpha value is -3.41. The summed E-state index contributed by atoms with van der Waals surface area (Å²) >= 11 is 0. The highest BCUT2D eigenvalue weighted by Crippen LogP contribution is 2.31. The third-order valence-electron chi connectivity index (χ3n) is 5.97. The fourth-order valence-electron chi connectivity index (χ4n) is 4.30. The standard InChI is InChI=1S/C27H31N3O3/c1-18-14-21(11-10-19(18)12-13-25(31)33-27(2,3)4)26(32)30-17-22-16-28-29(5)24(22)15-20-8-6-7-9-23(20)30/h6-11,14,16H,12-13,15,17H2,1-5H3. The number of ether oxygens (including phenoxy) is 1. The van der Waals surface area contributed by atoms with Crippen molar-refractivity contribution in [2.75, 3.05) is 4.90 Å². The van der Waals surface area contributed by atoms with Gasteiger partial charge in [-0.05, 0) is 69.0 Å². The Morgan fingerprint density at radius 3 is 2.58 bits per heavy atom. The van der Waals surface area contributed by atoms with Gasteiger partial charge in [0, 0.05) is 42.4 Å². The molecule has 4 rings (SSSR count). The first-order valence-corrected chi connectivity index (χ1v) is 11.3. The molecule has 0 unspecified atom stereocenters. The molecule has 6 heteroatoms. The number of esters is 1. The number of aromatic nitrogens is 2. The highest BCUT2D eigenvalue weighted by atomic mass is 16.6. The predicted octanol–water partition coefficient (Wildman–Crippen LogP) is 4.75. The number of nitrogens with zero attached hydrogens (tertiary/aromatic N) is 3. The molecular formula is C27H31N3O3. The maximum Gasteiger partial charge on any atom is 0.306 e. The van der Waals surface area contributed by atoms with Gasteiger partial charge in [-0.1, -0.05) is 24.3 Å². The van der Waals surface area contributed by atoms with Gasteiger partial charge in [0.05, 0.1) is 12.7 Å². The Balaban J connectivity index is 1.56. The molecule has 2 heterocycles. The number of para-hydroxylation sites is 1. The topological polar surface area (TPSA) is 64.4 Å². The van der Waals surface area contributed by atoms with E-state index in [4.69, 9.17) is 4.74 Å². The summed E-state index contributed by atoms with van der Waals surface area (Å²) in [5.74, 6) is -0.253. The van der Waals surface area contributed by atoms with Crippen LogP contribution in [-0.2, 0) is 36.0 Å². The van der Waals surface area contributed by atoms with Crippen molar-refractivity contribution in [3.05, 3.63) is 82.2 Å². The van der Waals surface area contributed by atoms with Gasteiger partial charge in [-0.15, -0.1) is 0 Å². The van der Waals surface area contributed by atoms with Crippen LogP contribution in [0.2, 0.25) is 0 Å². The summed E-state index contributed by atoms with van der Waals surface area (Å²) in [4.78, 5) is 27.6. The molecule has 1 aromatic heterocycles. The molecule has 6 nitrogen and oxygen atoms in total. The Bertz CT molecular complexity index is 1200. The predicted molar refractivity (Wildman–Crippen MR) is 128 cm³/mol. The number of anilines is 1. The van der Waals surface area contributed by atoms with Crippen LogP contribution < -0.4 is 4.90 Å². The molecule has 0 aliphatic carbocycles. The van der Waals surface area contributed by atoms with E-state index in [-0.39, 0.29) is 11.9 Å². The number of hydrogen-bond donors (Lipinski definition) is 0. The maximum atomic E-state index is 13.6. The lowest BCUT2D eigenvalue weighted by molar-refractivity contribution is -0.154. The first-order valence-electron chi connectivity index (χ1n) is 11.3. The fraction of sp³-hybridized carbons (Fsp3) is 0.370. The van der Waals surface area contributed by atoms with Crippen LogP contribution in [0.15, 0.2) is 48.7 Å². The molecule has 0 N–H and O–H groups in total. The van der Waals surface area contributed by atoms with E-state index in [1.807, 2.05) is 86.9 Å². The van der Waals surface area contributed by atoms with Crippen molar-refractivity contribution in [1.29, 1.82) is 0 Å². The molecular weight excluding hydrogens is 414 g/mol. The molecule has 3 aromatic rings. The number of carbonyl (C=O) groups excluding carboxylic acids is 2. The highest BCUT2D eigenvalue weighted by Gasteiger charge is 2.27. The minimum absolute atomic E-state index is 0.0408. The molecule has 1 aliphatic heterocycles. The number of carbonyl (C=O) groups is 2. The average molecular weight is 446 g/mol. The van der Waals surface area contributed by atoms with Gasteiger partial charge in [0.1, 0.15) is 5.60 Å². The number of benzene rings is 2. The second-order valence-electron chi connectivity index (χ2n) is 9.66. The zero-order chi connectivity index (χ0) is 23.8. The fourth-order valence-corrected chi connectivity index (χ4v) is 4.30. The molecule has 0 atom stereocenters. The van der Waals surface area contributed by atoms with E-state index >= 15 is 0 Å². The van der Waals surface area contributed by atoms with Crippen molar-refractivity contribution in [1.82, 2.24) is 9.78 Å². The third-order valence-corrected chi connectivity index (χ3v) is 5.97. The van der Waals surface area contributed by atoms with E-state index in [2.05, 4.69) is 11.2 Å². The lowest BCUT2D eigenvalue weighted by Crippen LogP contribution is -2.30. The molecule has 2 aromatic carbocycles. The lowest BCUT2D eigenvalue weighted by Gasteiger charge is -2.23. The summed E-state index contributed by atoms with van der Waals surface area (Å²) in [5.41, 5.74) is 6.43. The summed E-state index contributed by atoms with van der Waals surface area (Å²) in [6.07, 6.45) is 3.50. The van der Waals surface area contributed by atoms with E-state index in [1.165, 1.54) is 0 Å². The van der Waals surface area contributed by atoms with Gasteiger partial charge < -0.3 is 9.64 Å². The SMILES string of the molecule is Cc1cc(C(=O)N2Cc3cnn(C)c3Cc3ccccc32)ccc1CCC(=O)OC(C)(C)C. The molecule has 0 radical (unpaired) electrons. The molecule has 1 aliphatic rings.